The van der Waals surface area contributed by atoms with Gasteiger partial charge in [0.05, 0.1) is 6.54 Å². The Morgan fingerprint density at radius 2 is 1.78 bits per heavy atom. The predicted molar refractivity (Wildman–Crippen MR) is 90.8 cm³/mol. The number of hydrogen-bond acceptors (Lipinski definition) is 4. The molecule has 5 heteroatoms. The highest BCUT2D eigenvalue weighted by Crippen LogP contribution is 2.14. The van der Waals surface area contributed by atoms with Gasteiger partial charge in [-0.1, -0.05) is 17.7 Å². The average molecular weight is 323 g/mol. The molecule has 5 nitrogen and oxygen atoms in total. The summed E-state index contributed by atoms with van der Waals surface area (Å²) in [5.74, 6) is 0.697. The molecule has 1 amide bonds. The van der Waals surface area contributed by atoms with Crippen molar-refractivity contribution < 1.29 is 19.4 Å². The van der Waals surface area contributed by atoms with Crippen LogP contribution in [0.4, 0.5) is 4.79 Å². The maximum Gasteiger partial charge on any atom is 0.410 e. The first-order valence-electron chi connectivity index (χ1n) is 7.95. The van der Waals surface area contributed by atoms with E-state index in [2.05, 4.69) is 0 Å². The van der Waals surface area contributed by atoms with Crippen LogP contribution in [0.15, 0.2) is 24.3 Å². The molecule has 1 N–H and O–H groups in total. The van der Waals surface area contributed by atoms with E-state index in [1.54, 1.807) is 0 Å². The van der Waals surface area contributed by atoms with Gasteiger partial charge in [0.15, 0.2) is 0 Å². The van der Waals surface area contributed by atoms with Gasteiger partial charge in [-0.3, -0.25) is 0 Å². The Bertz CT molecular complexity index is 491. The fourth-order valence-electron chi connectivity index (χ4n) is 1.92. The van der Waals surface area contributed by atoms with Gasteiger partial charge in [0.25, 0.3) is 0 Å². The van der Waals surface area contributed by atoms with E-state index in [1.165, 1.54) is 4.90 Å². The summed E-state index contributed by atoms with van der Waals surface area (Å²) in [7, 11) is 0. The number of aryl methyl sites for hydroxylation is 1. The molecule has 0 aliphatic rings. The normalized spacial score (nSPS) is 12.9. The van der Waals surface area contributed by atoms with E-state index < -0.39 is 17.8 Å². The lowest BCUT2D eigenvalue weighted by Gasteiger charge is -2.31. The molecule has 0 saturated heterocycles. The van der Waals surface area contributed by atoms with Gasteiger partial charge in [-0.05, 0) is 53.7 Å². The van der Waals surface area contributed by atoms with Crippen molar-refractivity contribution in [1.82, 2.24) is 4.90 Å². The second kappa shape index (κ2) is 8.20. The molecule has 1 aromatic carbocycles. The fourth-order valence-corrected chi connectivity index (χ4v) is 1.92. The summed E-state index contributed by atoms with van der Waals surface area (Å²) < 4.78 is 10.9. The minimum Gasteiger partial charge on any atom is -0.491 e. The lowest BCUT2D eigenvalue weighted by molar-refractivity contribution is 0.00188. The molecule has 0 spiro atoms. The summed E-state index contributed by atoms with van der Waals surface area (Å²) >= 11 is 0. The zero-order chi connectivity index (χ0) is 17.6. The predicted octanol–water partition coefficient (Wildman–Crippen LogP) is 3.38. The monoisotopic (exact) mass is 323 g/mol. The summed E-state index contributed by atoms with van der Waals surface area (Å²) in [5.41, 5.74) is 0.585. The fraction of sp³-hybridized carbons (Fsp3) is 0.611. The lowest BCUT2D eigenvalue weighted by Crippen LogP contribution is -2.46. The molecular weight excluding hydrogens is 294 g/mol. The van der Waals surface area contributed by atoms with Crippen LogP contribution in [0.25, 0.3) is 0 Å². The minimum atomic E-state index is -0.786. The number of aliphatic hydroxyl groups is 1. The van der Waals surface area contributed by atoms with E-state index in [9.17, 15) is 9.90 Å². The van der Waals surface area contributed by atoms with Crippen molar-refractivity contribution in [3.63, 3.8) is 0 Å². The molecule has 1 aromatic rings. The van der Waals surface area contributed by atoms with Crippen molar-refractivity contribution in [3.05, 3.63) is 29.8 Å². The number of carbonyl (C=O) groups excluding carboxylic acids is 1. The SMILES string of the molecule is Cc1ccc(OCC(O)CN(C(=O)OC(C)(C)C)C(C)C)cc1. The van der Waals surface area contributed by atoms with E-state index in [4.69, 9.17) is 9.47 Å². The Hall–Kier alpha value is -1.75. The third-order valence-electron chi connectivity index (χ3n) is 3.12. The van der Waals surface area contributed by atoms with Gasteiger partial charge in [-0.15, -0.1) is 0 Å². The Balaban J connectivity index is 2.55. The topological polar surface area (TPSA) is 59.0 Å². The van der Waals surface area contributed by atoms with Crippen LogP contribution in [-0.4, -0.2) is 47.0 Å². The first-order valence-corrected chi connectivity index (χ1v) is 7.95. The summed E-state index contributed by atoms with van der Waals surface area (Å²) in [6.07, 6.45) is -1.21. The van der Waals surface area contributed by atoms with Crippen molar-refractivity contribution in [2.45, 2.75) is 59.3 Å². The molecule has 0 radical (unpaired) electrons. The number of benzene rings is 1. The second-order valence-electron chi connectivity index (χ2n) is 7.00. The van der Waals surface area contributed by atoms with Crippen LogP contribution < -0.4 is 4.74 Å². The molecule has 1 unspecified atom stereocenters. The number of nitrogens with zero attached hydrogens (tertiary/aromatic N) is 1. The third-order valence-corrected chi connectivity index (χ3v) is 3.12. The lowest BCUT2D eigenvalue weighted by atomic mass is 10.2. The highest BCUT2D eigenvalue weighted by Gasteiger charge is 2.26. The Morgan fingerprint density at radius 3 is 2.26 bits per heavy atom. The van der Waals surface area contributed by atoms with E-state index in [0.29, 0.717) is 5.75 Å². The van der Waals surface area contributed by atoms with Crippen LogP contribution in [0.5, 0.6) is 5.75 Å². The van der Waals surface area contributed by atoms with E-state index in [1.807, 2.05) is 65.8 Å². The molecule has 1 rings (SSSR count). The summed E-state index contributed by atoms with van der Waals surface area (Å²) in [6.45, 7) is 11.5. The van der Waals surface area contributed by atoms with Crippen molar-refractivity contribution >= 4 is 6.09 Å². The summed E-state index contributed by atoms with van der Waals surface area (Å²) in [5, 5.41) is 10.2. The van der Waals surface area contributed by atoms with Crippen molar-refractivity contribution in [1.29, 1.82) is 0 Å². The van der Waals surface area contributed by atoms with Gasteiger partial charge in [0.2, 0.25) is 0 Å². The largest absolute Gasteiger partial charge is 0.491 e. The van der Waals surface area contributed by atoms with Gasteiger partial charge in [-0.2, -0.15) is 0 Å². The van der Waals surface area contributed by atoms with Crippen LogP contribution in [0.2, 0.25) is 0 Å². The van der Waals surface area contributed by atoms with E-state index in [0.717, 1.165) is 5.56 Å². The highest BCUT2D eigenvalue weighted by molar-refractivity contribution is 5.68. The van der Waals surface area contributed by atoms with Crippen molar-refractivity contribution in [3.8, 4) is 5.75 Å². The van der Waals surface area contributed by atoms with Gasteiger partial charge in [0, 0.05) is 6.04 Å². The van der Waals surface area contributed by atoms with Crippen LogP contribution in [0, 0.1) is 6.92 Å². The van der Waals surface area contributed by atoms with Gasteiger partial charge in [-0.25, -0.2) is 4.79 Å². The first kappa shape index (κ1) is 19.3. The van der Waals surface area contributed by atoms with Crippen LogP contribution in [0.3, 0.4) is 0 Å². The number of ether oxygens (including phenoxy) is 2. The van der Waals surface area contributed by atoms with Crippen molar-refractivity contribution in [2.24, 2.45) is 0 Å². The highest BCUT2D eigenvalue weighted by atomic mass is 16.6. The number of hydrogen-bond donors (Lipinski definition) is 1. The number of aliphatic hydroxyl groups excluding tert-OH is 1. The van der Waals surface area contributed by atoms with Gasteiger partial charge >= 0.3 is 6.09 Å². The standard InChI is InChI=1S/C18H29NO4/c1-13(2)19(17(21)23-18(4,5)6)11-15(20)12-22-16-9-7-14(3)8-10-16/h7-10,13,15,20H,11-12H2,1-6H3. The Labute approximate surface area is 139 Å². The van der Waals surface area contributed by atoms with Crippen LogP contribution in [0.1, 0.15) is 40.2 Å². The van der Waals surface area contributed by atoms with Gasteiger partial charge in [0.1, 0.15) is 24.1 Å². The average Bonchev–Trinajstić information content (AvgIpc) is 2.41. The van der Waals surface area contributed by atoms with Crippen LogP contribution in [-0.2, 0) is 4.74 Å². The zero-order valence-corrected chi connectivity index (χ0v) is 15.0. The van der Waals surface area contributed by atoms with E-state index >= 15 is 0 Å². The van der Waals surface area contributed by atoms with E-state index in [-0.39, 0.29) is 19.2 Å². The Kier molecular flexibility index (Phi) is 6.88. The summed E-state index contributed by atoms with van der Waals surface area (Å²) in [4.78, 5) is 13.7. The molecule has 0 bridgehead atoms. The molecular formula is C18H29NO4. The molecule has 0 saturated carbocycles. The quantitative estimate of drug-likeness (QED) is 0.872. The minimum absolute atomic E-state index is 0.0705. The number of carbonyl (C=O) groups is 1. The van der Waals surface area contributed by atoms with Gasteiger partial charge < -0.3 is 19.5 Å². The maximum atomic E-state index is 12.2. The second-order valence-corrected chi connectivity index (χ2v) is 7.00. The first-order chi connectivity index (χ1) is 10.6. The molecule has 0 fully saturated rings. The van der Waals surface area contributed by atoms with Crippen LogP contribution >= 0.6 is 0 Å². The Morgan fingerprint density at radius 1 is 1.22 bits per heavy atom. The number of amides is 1. The third kappa shape index (κ3) is 7.37. The number of rotatable bonds is 6. The molecule has 1 atom stereocenters. The molecule has 23 heavy (non-hydrogen) atoms. The molecule has 0 aliphatic heterocycles. The molecule has 130 valence electrons. The summed E-state index contributed by atoms with van der Waals surface area (Å²) in [6, 6.07) is 7.54. The van der Waals surface area contributed by atoms with Crippen molar-refractivity contribution in [2.75, 3.05) is 13.2 Å². The maximum absolute atomic E-state index is 12.2. The molecule has 0 aromatic heterocycles. The molecule has 0 aliphatic carbocycles. The smallest absolute Gasteiger partial charge is 0.410 e. The zero-order valence-electron chi connectivity index (χ0n) is 15.0. The molecule has 0 heterocycles.